The molecule has 2 N–H and O–H groups in total. The Bertz CT molecular complexity index is 539. The molecule has 0 aliphatic carbocycles. The molecule has 0 aliphatic heterocycles. The van der Waals surface area contributed by atoms with Gasteiger partial charge in [-0.15, -0.1) is 0 Å². The molecule has 100 valence electrons. The maximum absolute atomic E-state index is 12.3. The number of halogens is 1. The second-order valence-corrected chi connectivity index (χ2v) is 8.32. The first-order valence-electron chi connectivity index (χ1n) is 5.60. The number of carbonyl (C=O) groups is 1. The predicted molar refractivity (Wildman–Crippen MR) is 76.6 cm³/mol. The minimum atomic E-state index is -3.53. The van der Waals surface area contributed by atoms with Crippen LogP contribution in [0.15, 0.2) is 24.3 Å². The van der Waals surface area contributed by atoms with Gasteiger partial charge in [0.2, 0.25) is 0 Å². The number of hydrogen-bond donors (Lipinski definition) is 1. The summed E-state index contributed by atoms with van der Waals surface area (Å²) in [6, 6.07) is 6.23. The van der Waals surface area contributed by atoms with Crippen molar-refractivity contribution in [3.05, 3.63) is 29.8 Å². The third-order valence-electron chi connectivity index (χ3n) is 2.84. The number of nitrogens with two attached hydrogens (primary N) is 1. The van der Waals surface area contributed by atoms with Gasteiger partial charge in [0.25, 0.3) is 0 Å². The summed E-state index contributed by atoms with van der Waals surface area (Å²) in [5.41, 5.74) is 6.40. The van der Waals surface area contributed by atoms with E-state index >= 15 is 0 Å². The first-order chi connectivity index (χ1) is 8.28. The van der Waals surface area contributed by atoms with Gasteiger partial charge in [-0.3, -0.25) is 4.79 Å². The van der Waals surface area contributed by atoms with Crippen LogP contribution in [0.4, 0.5) is 5.69 Å². The Morgan fingerprint density at radius 1 is 1.28 bits per heavy atom. The molecule has 4 nitrogen and oxygen atoms in total. The highest BCUT2D eigenvalue weighted by Gasteiger charge is 2.45. The van der Waals surface area contributed by atoms with E-state index in [0.717, 1.165) is 0 Å². The molecule has 0 heterocycles. The summed E-state index contributed by atoms with van der Waals surface area (Å²) in [5, 5.41) is 0. The number of sulfone groups is 1. The normalized spacial score (nSPS) is 15.1. The number of ketones is 1. The standard InChI is InChI=1S/C12H16BrNO3S/c1-3-12(13,18(16,17)4-2)11(15)9-5-7-10(14)8-6-9/h5-8H,3-4,14H2,1-2H3/t12-/m1/s1. The van der Waals surface area contributed by atoms with Crippen LogP contribution in [-0.2, 0) is 9.84 Å². The zero-order valence-corrected chi connectivity index (χ0v) is 12.7. The number of hydrogen-bond acceptors (Lipinski definition) is 4. The van der Waals surface area contributed by atoms with E-state index in [2.05, 4.69) is 15.9 Å². The lowest BCUT2D eigenvalue weighted by molar-refractivity contribution is 0.0976. The Morgan fingerprint density at radius 2 is 1.78 bits per heavy atom. The highest BCUT2D eigenvalue weighted by atomic mass is 79.9. The predicted octanol–water partition coefficient (Wildman–Crippen LogP) is 2.39. The molecule has 0 bridgehead atoms. The van der Waals surface area contributed by atoms with Crippen molar-refractivity contribution in [2.24, 2.45) is 0 Å². The van der Waals surface area contributed by atoms with Gasteiger partial charge in [-0.25, -0.2) is 8.42 Å². The molecule has 0 fully saturated rings. The second-order valence-electron chi connectivity index (χ2n) is 3.94. The van der Waals surface area contributed by atoms with Crippen LogP contribution < -0.4 is 5.73 Å². The summed E-state index contributed by atoms with van der Waals surface area (Å²) in [6.45, 7) is 3.19. The SMILES string of the molecule is CC[C@](Br)(C(=O)c1ccc(N)cc1)S(=O)(=O)CC. The van der Waals surface area contributed by atoms with E-state index < -0.39 is 19.3 Å². The highest BCUT2D eigenvalue weighted by Crippen LogP contribution is 2.34. The van der Waals surface area contributed by atoms with Crippen LogP contribution in [0.25, 0.3) is 0 Å². The molecule has 0 saturated carbocycles. The molecule has 18 heavy (non-hydrogen) atoms. The zero-order valence-electron chi connectivity index (χ0n) is 10.3. The Balaban J connectivity index is 3.26. The summed E-state index contributed by atoms with van der Waals surface area (Å²) >= 11 is 3.12. The molecule has 1 aromatic rings. The molecule has 0 amide bonds. The molecule has 6 heteroatoms. The van der Waals surface area contributed by atoms with Crippen molar-refractivity contribution in [1.29, 1.82) is 0 Å². The van der Waals surface area contributed by atoms with E-state index in [4.69, 9.17) is 5.73 Å². The lowest BCUT2D eigenvalue weighted by Gasteiger charge is -2.24. The maximum atomic E-state index is 12.3. The summed E-state index contributed by atoms with van der Waals surface area (Å²) in [5.74, 6) is -0.542. The van der Waals surface area contributed by atoms with Crippen molar-refractivity contribution < 1.29 is 13.2 Å². The molecule has 1 rings (SSSR count). The monoisotopic (exact) mass is 333 g/mol. The number of anilines is 1. The van der Waals surface area contributed by atoms with Crippen LogP contribution in [0.1, 0.15) is 30.6 Å². The van der Waals surface area contributed by atoms with Gasteiger partial charge >= 0.3 is 0 Å². The highest BCUT2D eigenvalue weighted by molar-refractivity contribution is 9.12. The number of nitrogen functional groups attached to an aromatic ring is 1. The number of alkyl halides is 1. The molecule has 1 atom stereocenters. The van der Waals surface area contributed by atoms with Crippen molar-refractivity contribution in [1.82, 2.24) is 0 Å². The number of benzene rings is 1. The van der Waals surface area contributed by atoms with Gasteiger partial charge in [0.05, 0.1) is 0 Å². The molecule has 0 saturated heterocycles. The molecule has 0 spiro atoms. The van der Waals surface area contributed by atoms with E-state index in [-0.39, 0.29) is 12.2 Å². The van der Waals surface area contributed by atoms with E-state index in [0.29, 0.717) is 11.3 Å². The number of carbonyl (C=O) groups excluding carboxylic acids is 1. The molecule has 0 aromatic heterocycles. The third kappa shape index (κ3) is 2.59. The van der Waals surface area contributed by atoms with Crippen molar-refractivity contribution in [2.45, 2.75) is 23.9 Å². The lowest BCUT2D eigenvalue weighted by atomic mass is 10.1. The molecule has 0 unspecified atom stereocenters. The first kappa shape index (κ1) is 15.2. The van der Waals surface area contributed by atoms with Gasteiger partial charge in [-0.05, 0) is 30.7 Å². The van der Waals surface area contributed by atoms with E-state index in [1.807, 2.05) is 0 Å². The van der Waals surface area contributed by atoms with Crippen molar-refractivity contribution in [2.75, 3.05) is 11.5 Å². The lowest BCUT2D eigenvalue weighted by Crippen LogP contribution is -2.41. The fraction of sp³-hybridized carbons (Fsp3) is 0.417. The van der Waals surface area contributed by atoms with Crippen molar-refractivity contribution in [3.63, 3.8) is 0 Å². The fourth-order valence-electron chi connectivity index (χ4n) is 1.60. The van der Waals surface area contributed by atoms with Gasteiger partial charge in [-0.1, -0.05) is 29.8 Å². The summed E-state index contributed by atoms with van der Waals surface area (Å²) in [4.78, 5) is 12.3. The Hall–Kier alpha value is -0.880. The average Bonchev–Trinajstić information content (AvgIpc) is 2.37. The molecule has 1 aromatic carbocycles. The summed E-state index contributed by atoms with van der Waals surface area (Å²) in [6.07, 6.45) is 0.173. The van der Waals surface area contributed by atoms with Crippen LogP contribution in [0.3, 0.4) is 0 Å². The summed E-state index contributed by atoms with van der Waals surface area (Å²) in [7, 11) is -3.53. The topological polar surface area (TPSA) is 77.2 Å². The minimum absolute atomic E-state index is 0.0905. The Morgan fingerprint density at radius 3 is 2.17 bits per heavy atom. The molecule has 0 aliphatic rings. The third-order valence-corrected chi connectivity index (χ3v) is 7.46. The minimum Gasteiger partial charge on any atom is -0.399 e. The van der Waals surface area contributed by atoms with Gasteiger partial charge < -0.3 is 5.73 Å². The van der Waals surface area contributed by atoms with E-state index in [9.17, 15) is 13.2 Å². The number of rotatable bonds is 5. The van der Waals surface area contributed by atoms with Crippen LogP contribution >= 0.6 is 15.9 Å². The van der Waals surface area contributed by atoms with E-state index in [1.165, 1.54) is 19.1 Å². The van der Waals surface area contributed by atoms with Crippen LogP contribution in [0.5, 0.6) is 0 Å². The fourth-order valence-corrected chi connectivity index (χ4v) is 3.81. The van der Waals surface area contributed by atoms with Crippen molar-refractivity contribution >= 4 is 37.2 Å². The van der Waals surface area contributed by atoms with E-state index in [1.54, 1.807) is 19.1 Å². The second kappa shape index (κ2) is 5.40. The summed E-state index contributed by atoms with van der Waals surface area (Å²) < 4.78 is 22.5. The van der Waals surface area contributed by atoms with Gasteiger partial charge in [0.1, 0.15) is 0 Å². The van der Waals surface area contributed by atoms with Gasteiger partial charge in [0, 0.05) is 17.0 Å². The van der Waals surface area contributed by atoms with Crippen LogP contribution in [0, 0.1) is 0 Å². The number of Topliss-reactive ketones (excluding diaryl/α,β-unsaturated/α-hetero) is 1. The molecular formula is C12H16BrNO3S. The van der Waals surface area contributed by atoms with Crippen molar-refractivity contribution in [3.8, 4) is 0 Å². The Labute approximate surface area is 116 Å². The van der Waals surface area contributed by atoms with Gasteiger partial charge in [0.15, 0.2) is 19.3 Å². The maximum Gasteiger partial charge on any atom is 0.194 e. The average molecular weight is 334 g/mol. The molecule has 0 radical (unpaired) electrons. The molecular weight excluding hydrogens is 318 g/mol. The largest absolute Gasteiger partial charge is 0.399 e. The Kier molecular flexibility index (Phi) is 4.55. The van der Waals surface area contributed by atoms with Crippen LogP contribution in [-0.4, -0.2) is 23.6 Å². The first-order valence-corrected chi connectivity index (χ1v) is 8.04. The zero-order chi connectivity index (χ0) is 14.0. The quantitative estimate of drug-likeness (QED) is 0.509. The smallest absolute Gasteiger partial charge is 0.194 e. The van der Waals surface area contributed by atoms with Crippen LogP contribution in [0.2, 0.25) is 0 Å². The van der Waals surface area contributed by atoms with Gasteiger partial charge in [-0.2, -0.15) is 0 Å².